The Morgan fingerprint density at radius 2 is 1.62 bits per heavy atom. The normalized spacial score (nSPS) is 10.8. The molecule has 1 N–H and O–H groups in total. The fourth-order valence-electron chi connectivity index (χ4n) is 3.71. The third-order valence-corrected chi connectivity index (χ3v) is 5.60. The van der Waals surface area contributed by atoms with E-state index in [2.05, 4.69) is 19.2 Å². The quantitative estimate of drug-likeness (QED) is 0.349. The molecule has 6 nitrogen and oxygen atoms in total. The van der Waals surface area contributed by atoms with E-state index in [4.69, 9.17) is 13.9 Å². The Morgan fingerprint density at radius 1 is 0.941 bits per heavy atom. The van der Waals surface area contributed by atoms with E-state index >= 15 is 0 Å². The van der Waals surface area contributed by atoms with Crippen molar-refractivity contribution in [2.45, 2.75) is 33.6 Å². The highest BCUT2D eigenvalue weighted by Gasteiger charge is 2.13. The van der Waals surface area contributed by atoms with E-state index < -0.39 is 0 Å². The summed E-state index contributed by atoms with van der Waals surface area (Å²) >= 11 is 0. The van der Waals surface area contributed by atoms with Crippen molar-refractivity contribution >= 4 is 22.6 Å². The van der Waals surface area contributed by atoms with Gasteiger partial charge in [0.2, 0.25) is 11.2 Å². The minimum Gasteiger partial charge on any atom is -0.484 e. The molecule has 4 rings (SSSR count). The Morgan fingerprint density at radius 3 is 2.29 bits per heavy atom. The van der Waals surface area contributed by atoms with E-state index in [0.717, 1.165) is 35.2 Å². The molecule has 0 atom stereocenters. The maximum Gasteiger partial charge on any atom is 0.262 e. The van der Waals surface area contributed by atoms with E-state index in [9.17, 15) is 9.59 Å². The first-order valence-electron chi connectivity index (χ1n) is 11.3. The topological polar surface area (TPSA) is 77.8 Å². The average Bonchev–Trinajstić information content (AvgIpc) is 2.86. The summed E-state index contributed by atoms with van der Waals surface area (Å²) in [7, 11) is 0. The predicted octanol–water partition coefficient (Wildman–Crippen LogP) is 6.04. The Hall–Kier alpha value is -4.06. The first kappa shape index (κ1) is 23.1. The molecule has 0 fully saturated rings. The van der Waals surface area contributed by atoms with Crippen molar-refractivity contribution in [1.29, 1.82) is 0 Å². The van der Waals surface area contributed by atoms with Crippen LogP contribution in [0.15, 0.2) is 76.1 Å². The van der Waals surface area contributed by atoms with Crippen LogP contribution in [0, 0.1) is 6.92 Å². The van der Waals surface area contributed by atoms with Crippen LogP contribution in [0.4, 0.5) is 5.69 Å². The highest BCUT2D eigenvalue weighted by atomic mass is 16.5. The molecule has 6 heteroatoms. The van der Waals surface area contributed by atoms with E-state index in [1.54, 1.807) is 30.3 Å². The summed E-state index contributed by atoms with van der Waals surface area (Å²) in [6, 6.07) is 18.3. The van der Waals surface area contributed by atoms with Gasteiger partial charge in [0, 0.05) is 11.8 Å². The van der Waals surface area contributed by atoms with Gasteiger partial charge in [0.15, 0.2) is 6.61 Å². The van der Waals surface area contributed by atoms with Crippen molar-refractivity contribution in [1.82, 2.24) is 0 Å². The number of fused-ring (bicyclic) bond motifs is 1. The molecule has 1 amide bonds. The van der Waals surface area contributed by atoms with Crippen LogP contribution in [0.3, 0.4) is 0 Å². The molecule has 1 aromatic heterocycles. The molecule has 174 valence electrons. The van der Waals surface area contributed by atoms with Gasteiger partial charge in [-0.05, 0) is 55.2 Å². The van der Waals surface area contributed by atoms with Gasteiger partial charge < -0.3 is 19.2 Å². The van der Waals surface area contributed by atoms with Crippen LogP contribution in [-0.4, -0.2) is 12.5 Å². The van der Waals surface area contributed by atoms with Crippen LogP contribution in [-0.2, 0) is 17.6 Å². The summed E-state index contributed by atoms with van der Waals surface area (Å²) in [6.45, 7) is 5.93. The molecule has 0 aliphatic heterocycles. The number of anilines is 1. The van der Waals surface area contributed by atoms with Crippen molar-refractivity contribution in [3.05, 3.63) is 93.8 Å². The molecular weight excluding hydrogens is 430 g/mol. The Balaban J connectivity index is 1.46. The van der Waals surface area contributed by atoms with Gasteiger partial charge in [0.1, 0.15) is 23.3 Å². The second kappa shape index (κ2) is 10.3. The van der Waals surface area contributed by atoms with Crippen molar-refractivity contribution in [3.63, 3.8) is 0 Å². The highest BCUT2D eigenvalue weighted by molar-refractivity contribution is 5.93. The number of amides is 1. The zero-order valence-electron chi connectivity index (χ0n) is 19.5. The molecule has 0 saturated carbocycles. The number of benzene rings is 3. The Bertz CT molecular complexity index is 1350. The smallest absolute Gasteiger partial charge is 0.262 e. The summed E-state index contributed by atoms with van der Waals surface area (Å²) < 4.78 is 17.0. The number of rotatable bonds is 8. The first-order chi connectivity index (χ1) is 16.5. The minimum absolute atomic E-state index is 0.103. The standard InChI is InChI=1S/C28H27NO5/c1-4-19-7-6-8-20(5-2)27(19)29-26(30)17-32-22-13-14-23-24(15-22)33-16-25(28(23)31)34-21-11-9-18(3)10-12-21/h6-16H,4-5,17H2,1-3H3,(H,29,30). The zero-order chi connectivity index (χ0) is 24.1. The number of hydrogen-bond donors (Lipinski definition) is 1. The largest absolute Gasteiger partial charge is 0.484 e. The van der Waals surface area contributed by atoms with Crippen molar-refractivity contribution < 1.29 is 18.7 Å². The molecule has 1 heterocycles. The van der Waals surface area contributed by atoms with Crippen LogP contribution in [0.2, 0.25) is 0 Å². The van der Waals surface area contributed by atoms with Gasteiger partial charge >= 0.3 is 0 Å². The third-order valence-electron chi connectivity index (χ3n) is 5.60. The van der Waals surface area contributed by atoms with Crippen molar-refractivity contribution in [3.8, 4) is 17.2 Å². The molecule has 3 aromatic carbocycles. The minimum atomic E-state index is -0.283. The SMILES string of the molecule is CCc1cccc(CC)c1NC(=O)COc1ccc2c(=O)c(Oc3ccc(C)cc3)coc2c1. The fourth-order valence-corrected chi connectivity index (χ4v) is 3.71. The molecule has 0 bridgehead atoms. The lowest BCUT2D eigenvalue weighted by Crippen LogP contribution is -2.21. The highest BCUT2D eigenvalue weighted by Crippen LogP contribution is 2.25. The fraction of sp³-hybridized carbons (Fsp3) is 0.214. The first-order valence-corrected chi connectivity index (χ1v) is 11.3. The second-order valence-electron chi connectivity index (χ2n) is 8.00. The number of hydrogen-bond acceptors (Lipinski definition) is 5. The van der Waals surface area contributed by atoms with E-state index in [1.807, 2.05) is 37.3 Å². The number of aryl methyl sites for hydroxylation is 3. The molecule has 4 aromatic rings. The van der Waals surface area contributed by atoms with Gasteiger partial charge in [0.05, 0.1) is 5.39 Å². The molecule has 34 heavy (non-hydrogen) atoms. The lowest BCUT2D eigenvalue weighted by molar-refractivity contribution is -0.118. The van der Waals surface area contributed by atoms with Crippen LogP contribution in [0.25, 0.3) is 11.0 Å². The lowest BCUT2D eigenvalue weighted by Gasteiger charge is -2.14. The summed E-state index contributed by atoms with van der Waals surface area (Å²) in [6.07, 6.45) is 2.93. The number of ether oxygens (including phenoxy) is 2. The van der Waals surface area contributed by atoms with Crippen LogP contribution in [0.5, 0.6) is 17.2 Å². The van der Waals surface area contributed by atoms with Crippen LogP contribution < -0.4 is 20.2 Å². The number of para-hydroxylation sites is 1. The number of carbonyl (C=O) groups excluding carboxylic acids is 1. The molecule has 0 aliphatic rings. The average molecular weight is 458 g/mol. The van der Waals surface area contributed by atoms with Gasteiger partial charge in [-0.25, -0.2) is 0 Å². The van der Waals surface area contributed by atoms with Gasteiger partial charge in [0.25, 0.3) is 5.91 Å². The maximum atomic E-state index is 12.8. The van der Waals surface area contributed by atoms with E-state index in [1.165, 1.54) is 6.26 Å². The van der Waals surface area contributed by atoms with Gasteiger partial charge in [-0.3, -0.25) is 9.59 Å². The second-order valence-corrected chi connectivity index (χ2v) is 8.00. The van der Waals surface area contributed by atoms with Crippen molar-refractivity contribution in [2.75, 3.05) is 11.9 Å². The molecule has 0 spiro atoms. The number of carbonyl (C=O) groups is 1. The predicted molar refractivity (Wildman–Crippen MR) is 133 cm³/mol. The lowest BCUT2D eigenvalue weighted by atomic mass is 10.0. The monoisotopic (exact) mass is 457 g/mol. The molecule has 0 aliphatic carbocycles. The van der Waals surface area contributed by atoms with Gasteiger partial charge in [-0.15, -0.1) is 0 Å². The van der Waals surface area contributed by atoms with Crippen molar-refractivity contribution in [2.24, 2.45) is 0 Å². The van der Waals surface area contributed by atoms with Gasteiger partial charge in [-0.2, -0.15) is 0 Å². The summed E-state index contributed by atoms with van der Waals surface area (Å²) in [5.41, 5.74) is 4.19. The molecule has 0 radical (unpaired) electrons. The molecule has 0 saturated heterocycles. The summed E-state index contributed by atoms with van der Waals surface area (Å²) in [5.74, 6) is 0.835. The summed E-state index contributed by atoms with van der Waals surface area (Å²) in [4.78, 5) is 25.4. The molecular formula is C28H27NO5. The van der Waals surface area contributed by atoms with Gasteiger partial charge in [-0.1, -0.05) is 49.7 Å². The van der Waals surface area contributed by atoms with Crippen LogP contribution in [0.1, 0.15) is 30.5 Å². The van der Waals surface area contributed by atoms with Crippen LogP contribution >= 0.6 is 0 Å². The Kier molecular flexibility index (Phi) is 6.97. The van der Waals surface area contributed by atoms with E-state index in [0.29, 0.717) is 22.5 Å². The Labute approximate surface area is 198 Å². The zero-order valence-corrected chi connectivity index (χ0v) is 19.5. The summed E-state index contributed by atoms with van der Waals surface area (Å²) in [5, 5.41) is 3.34. The third kappa shape index (κ3) is 5.12. The number of nitrogens with one attached hydrogen (secondary N) is 1. The maximum absolute atomic E-state index is 12.8. The molecule has 0 unspecified atom stereocenters. The van der Waals surface area contributed by atoms with E-state index in [-0.39, 0.29) is 23.7 Å².